The van der Waals surface area contributed by atoms with Crippen LogP contribution in [0, 0.1) is 0 Å². The van der Waals surface area contributed by atoms with Gasteiger partial charge in [0.05, 0.1) is 0 Å². The highest BCUT2D eigenvalue weighted by atomic mass is 35.5. The minimum Gasteiger partial charge on any atom is -0.481 e. The van der Waals surface area contributed by atoms with Gasteiger partial charge in [0, 0.05) is 18.0 Å². The predicted octanol–water partition coefficient (Wildman–Crippen LogP) is 3.42. The molecule has 4 heteroatoms. The molecule has 0 heterocycles. The van der Waals surface area contributed by atoms with Crippen molar-refractivity contribution in [1.82, 2.24) is 4.90 Å². The average molecular weight is 270 g/mol. The average Bonchev–Trinajstić information content (AvgIpc) is 2.33. The van der Waals surface area contributed by atoms with E-state index in [2.05, 4.69) is 17.9 Å². The molecular weight excluding hydrogens is 250 g/mol. The Hall–Kier alpha value is -1.06. The number of rotatable bonds is 8. The molecule has 0 unspecified atom stereocenters. The van der Waals surface area contributed by atoms with Crippen LogP contribution in [0.3, 0.4) is 0 Å². The summed E-state index contributed by atoms with van der Waals surface area (Å²) in [6.45, 7) is 4.86. The molecule has 0 radical (unpaired) electrons. The molecule has 0 aliphatic heterocycles. The molecule has 1 rings (SSSR count). The van der Waals surface area contributed by atoms with E-state index in [0.29, 0.717) is 0 Å². The molecule has 100 valence electrons. The minimum absolute atomic E-state index is 0.259. The van der Waals surface area contributed by atoms with Gasteiger partial charge >= 0.3 is 5.97 Å². The van der Waals surface area contributed by atoms with E-state index in [4.69, 9.17) is 16.7 Å². The number of carbonyl (C=O) groups is 1. The minimum atomic E-state index is -0.715. The molecule has 0 saturated heterocycles. The van der Waals surface area contributed by atoms with E-state index in [1.165, 1.54) is 5.56 Å². The van der Waals surface area contributed by atoms with Crippen molar-refractivity contribution >= 4 is 17.6 Å². The molecule has 1 aromatic carbocycles. The van der Waals surface area contributed by atoms with E-state index >= 15 is 0 Å². The Kier molecular flexibility index (Phi) is 6.76. The van der Waals surface area contributed by atoms with Crippen LogP contribution in [0.15, 0.2) is 24.3 Å². The fourth-order valence-corrected chi connectivity index (χ4v) is 2.07. The van der Waals surface area contributed by atoms with Crippen molar-refractivity contribution in [1.29, 1.82) is 0 Å². The van der Waals surface area contributed by atoms with Gasteiger partial charge in [-0.2, -0.15) is 0 Å². The van der Waals surface area contributed by atoms with E-state index in [9.17, 15) is 4.79 Å². The summed E-state index contributed by atoms with van der Waals surface area (Å²) in [7, 11) is 0. The van der Waals surface area contributed by atoms with Crippen molar-refractivity contribution in [3.63, 3.8) is 0 Å². The van der Waals surface area contributed by atoms with E-state index in [1.54, 1.807) is 0 Å². The molecule has 18 heavy (non-hydrogen) atoms. The molecule has 0 bridgehead atoms. The molecule has 0 aliphatic carbocycles. The second-order valence-corrected chi connectivity index (χ2v) is 4.79. The topological polar surface area (TPSA) is 40.5 Å². The summed E-state index contributed by atoms with van der Waals surface area (Å²) in [5.41, 5.74) is 1.20. The van der Waals surface area contributed by atoms with Crippen molar-refractivity contribution in [3.8, 4) is 0 Å². The lowest BCUT2D eigenvalue weighted by molar-refractivity contribution is -0.137. The Morgan fingerprint density at radius 2 is 2.17 bits per heavy atom. The Morgan fingerprint density at radius 1 is 1.39 bits per heavy atom. The zero-order valence-corrected chi connectivity index (χ0v) is 11.5. The predicted molar refractivity (Wildman–Crippen MR) is 73.9 cm³/mol. The van der Waals surface area contributed by atoms with Crippen molar-refractivity contribution < 1.29 is 9.90 Å². The highest BCUT2D eigenvalue weighted by Crippen LogP contribution is 2.13. The second-order valence-electron chi connectivity index (χ2n) is 4.35. The first-order chi connectivity index (χ1) is 8.61. The lowest BCUT2D eigenvalue weighted by Crippen LogP contribution is -2.24. The zero-order valence-electron chi connectivity index (χ0n) is 10.7. The monoisotopic (exact) mass is 269 g/mol. The molecule has 0 atom stereocenters. The Labute approximate surface area is 113 Å². The van der Waals surface area contributed by atoms with Crippen LogP contribution in [0.2, 0.25) is 5.02 Å². The molecule has 1 aromatic rings. The summed E-state index contributed by atoms with van der Waals surface area (Å²) in [5.74, 6) is -0.715. The number of hydrogen-bond donors (Lipinski definition) is 1. The second kappa shape index (κ2) is 8.11. The van der Waals surface area contributed by atoms with Gasteiger partial charge in [-0.05, 0) is 43.6 Å². The third kappa shape index (κ3) is 6.03. The Balaban J connectivity index is 2.35. The highest BCUT2D eigenvalue weighted by molar-refractivity contribution is 6.30. The first-order valence-electron chi connectivity index (χ1n) is 6.30. The van der Waals surface area contributed by atoms with Crippen LogP contribution in [0.4, 0.5) is 0 Å². The smallest absolute Gasteiger partial charge is 0.303 e. The first-order valence-corrected chi connectivity index (χ1v) is 6.68. The quantitative estimate of drug-likeness (QED) is 0.735. The third-order valence-corrected chi connectivity index (χ3v) is 3.09. The van der Waals surface area contributed by atoms with Gasteiger partial charge in [-0.25, -0.2) is 0 Å². The number of carboxylic acids is 1. The fourth-order valence-electron chi connectivity index (χ4n) is 1.85. The summed E-state index contributed by atoms with van der Waals surface area (Å²) in [6, 6.07) is 7.86. The maximum atomic E-state index is 10.4. The van der Waals surface area contributed by atoms with Crippen molar-refractivity contribution in [3.05, 3.63) is 34.9 Å². The zero-order chi connectivity index (χ0) is 13.4. The van der Waals surface area contributed by atoms with Gasteiger partial charge in [0.1, 0.15) is 0 Å². The highest BCUT2D eigenvalue weighted by Gasteiger charge is 2.05. The van der Waals surface area contributed by atoms with Gasteiger partial charge in [0.25, 0.3) is 0 Å². The van der Waals surface area contributed by atoms with Crippen LogP contribution < -0.4 is 0 Å². The van der Waals surface area contributed by atoms with Gasteiger partial charge in [0.15, 0.2) is 0 Å². The maximum absolute atomic E-state index is 10.4. The molecule has 0 saturated carbocycles. The summed E-state index contributed by atoms with van der Waals surface area (Å²) in [6.07, 6.45) is 1.91. The number of unbranched alkanes of at least 4 members (excludes halogenated alkanes) is 1. The molecule has 3 nitrogen and oxygen atoms in total. The number of hydrogen-bond acceptors (Lipinski definition) is 2. The molecule has 0 aliphatic rings. The van der Waals surface area contributed by atoms with Gasteiger partial charge in [0.2, 0.25) is 0 Å². The van der Waals surface area contributed by atoms with E-state index in [-0.39, 0.29) is 6.42 Å². The van der Waals surface area contributed by atoms with E-state index in [0.717, 1.165) is 37.5 Å². The van der Waals surface area contributed by atoms with Crippen molar-refractivity contribution in [2.75, 3.05) is 13.1 Å². The SMILES string of the molecule is CCN(CCCCC(=O)O)Cc1cccc(Cl)c1. The van der Waals surface area contributed by atoms with Gasteiger partial charge < -0.3 is 5.11 Å². The van der Waals surface area contributed by atoms with Gasteiger partial charge in [-0.1, -0.05) is 30.7 Å². The van der Waals surface area contributed by atoms with E-state index < -0.39 is 5.97 Å². The van der Waals surface area contributed by atoms with Crippen LogP contribution in [0.25, 0.3) is 0 Å². The molecule has 0 aromatic heterocycles. The van der Waals surface area contributed by atoms with Crippen LogP contribution in [0.1, 0.15) is 31.7 Å². The number of carboxylic acid groups (broad SMARTS) is 1. The van der Waals surface area contributed by atoms with Crippen molar-refractivity contribution in [2.45, 2.75) is 32.7 Å². The summed E-state index contributed by atoms with van der Waals surface area (Å²) >= 11 is 5.95. The molecule has 0 spiro atoms. The van der Waals surface area contributed by atoms with E-state index in [1.807, 2.05) is 18.2 Å². The Bertz CT molecular complexity index is 382. The normalized spacial score (nSPS) is 10.8. The van der Waals surface area contributed by atoms with Crippen LogP contribution in [-0.2, 0) is 11.3 Å². The summed E-state index contributed by atoms with van der Waals surface area (Å²) < 4.78 is 0. The molecule has 0 amide bonds. The first kappa shape index (κ1) is 15.0. The molecule has 1 N–H and O–H groups in total. The van der Waals surface area contributed by atoms with Gasteiger partial charge in [-0.3, -0.25) is 9.69 Å². The lowest BCUT2D eigenvalue weighted by atomic mass is 10.2. The molecule has 0 fully saturated rings. The van der Waals surface area contributed by atoms with Crippen LogP contribution >= 0.6 is 11.6 Å². The lowest BCUT2D eigenvalue weighted by Gasteiger charge is -2.20. The summed E-state index contributed by atoms with van der Waals surface area (Å²) in [4.78, 5) is 12.7. The van der Waals surface area contributed by atoms with Crippen LogP contribution in [0.5, 0.6) is 0 Å². The summed E-state index contributed by atoms with van der Waals surface area (Å²) in [5, 5.41) is 9.33. The largest absolute Gasteiger partial charge is 0.481 e. The fraction of sp³-hybridized carbons (Fsp3) is 0.500. The molecular formula is C14H20ClNO2. The number of halogens is 1. The third-order valence-electron chi connectivity index (χ3n) is 2.86. The van der Waals surface area contributed by atoms with Gasteiger partial charge in [-0.15, -0.1) is 0 Å². The Morgan fingerprint density at radius 3 is 2.78 bits per heavy atom. The maximum Gasteiger partial charge on any atom is 0.303 e. The van der Waals surface area contributed by atoms with Crippen molar-refractivity contribution in [2.24, 2.45) is 0 Å². The van der Waals surface area contributed by atoms with Crippen LogP contribution in [-0.4, -0.2) is 29.1 Å². The number of nitrogens with zero attached hydrogens (tertiary/aromatic N) is 1. The number of aliphatic carboxylic acids is 1. The number of benzene rings is 1. The standard InChI is InChI=1S/C14H20ClNO2/c1-2-16(9-4-3-8-14(17)18)11-12-6-5-7-13(15)10-12/h5-7,10H,2-4,8-9,11H2,1H3,(H,17,18).